The van der Waals surface area contributed by atoms with Gasteiger partial charge < -0.3 is 10.5 Å². The summed E-state index contributed by atoms with van der Waals surface area (Å²) in [5, 5.41) is 0. The van der Waals surface area contributed by atoms with Gasteiger partial charge in [-0.05, 0) is 37.0 Å². The normalized spacial score (nSPS) is 13.8. The Kier molecular flexibility index (Phi) is 4.46. The highest BCUT2D eigenvalue weighted by Gasteiger charge is 2.26. The van der Waals surface area contributed by atoms with Crippen molar-refractivity contribution in [3.63, 3.8) is 0 Å². The van der Waals surface area contributed by atoms with Gasteiger partial charge in [0.15, 0.2) is 0 Å². The highest BCUT2D eigenvalue weighted by molar-refractivity contribution is 5.39. The van der Waals surface area contributed by atoms with Crippen LogP contribution >= 0.6 is 0 Å². The lowest BCUT2D eigenvalue weighted by molar-refractivity contribution is 0.386. The molecule has 0 saturated heterocycles. The Hall–Kier alpha value is -1.80. The molecule has 2 aromatic carbocycles. The minimum atomic E-state index is -0.359. The quantitative estimate of drug-likeness (QED) is 0.895. The molecule has 2 heteroatoms. The SMILES string of the molecule is CCC(N)(Cc1cc(C)ccc1OC)c1ccccc1. The number of rotatable bonds is 5. The second kappa shape index (κ2) is 6.10. The van der Waals surface area contributed by atoms with Crippen molar-refractivity contribution in [2.45, 2.75) is 32.2 Å². The van der Waals surface area contributed by atoms with Crippen LogP contribution in [-0.2, 0) is 12.0 Å². The first kappa shape index (κ1) is 14.6. The molecule has 0 spiro atoms. The summed E-state index contributed by atoms with van der Waals surface area (Å²) in [6.07, 6.45) is 1.66. The second-order valence-electron chi connectivity index (χ2n) is 5.37. The lowest BCUT2D eigenvalue weighted by atomic mass is 9.82. The molecule has 2 nitrogen and oxygen atoms in total. The largest absolute Gasteiger partial charge is 0.496 e. The Labute approximate surface area is 121 Å². The molecule has 0 aliphatic heterocycles. The van der Waals surface area contributed by atoms with Crippen LogP contribution in [0.4, 0.5) is 0 Å². The Morgan fingerprint density at radius 1 is 1.10 bits per heavy atom. The molecule has 20 heavy (non-hydrogen) atoms. The zero-order valence-electron chi connectivity index (χ0n) is 12.5. The predicted octanol–water partition coefficient (Wildman–Crippen LogP) is 3.81. The van der Waals surface area contributed by atoms with E-state index in [4.69, 9.17) is 10.5 Å². The molecule has 2 N–H and O–H groups in total. The van der Waals surface area contributed by atoms with Gasteiger partial charge in [-0.1, -0.05) is 55.0 Å². The van der Waals surface area contributed by atoms with Crippen LogP contribution in [0.3, 0.4) is 0 Å². The van der Waals surface area contributed by atoms with E-state index in [0.29, 0.717) is 0 Å². The van der Waals surface area contributed by atoms with Crippen LogP contribution in [0.5, 0.6) is 5.75 Å². The maximum Gasteiger partial charge on any atom is 0.122 e. The summed E-state index contributed by atoms with van der Waals surface area (Å²) in [6.45, 7) is 4.23. The summed E-state index contributed by atoms with van der Waals surface area (Å²) in [4.78, 5) is 0. The first-order valence-electron chi connectivity index (χ1n) is 7.07. The summed E-state index contributed by atoms with van der Waals surface area (Å²) in [7, 11) is 1.71. The summed E-state index contributed by atoms with van der Waals surface area (Å²) < 4.78 is 5.47. The van der Waals surface area contributed by atoms with Crippen LogP contribution < -0.4 is 10.5 Å². The molecule has 1 atom stereocenters. The van der Waals surface area contributed by atoms with Crippen molar-refractivity contribution in [2.75, 3.05) is 7.11 Å². The highest BCUT2D eigenvalue weighted by atomic mass is 16.5. The van der Waals surface area contributed by atoms with Gasteiger partial charge in [0.2, 0.25) is 0 Å². The zero-order chi connectivity index (χ0) is 14.6. The van der Waals surface area contributed by atoms with Gasteiger partial charge in [0.1, 0.15) is 5.75 Å². The van der Waals surface area contributed by atoms with Crippen LogP contribution in [0.2, 0.25) is 0 Å². The standard InChI is InChI=1S/C18H23NO/c1-4-18(19,16-8-6-5-7-9-16)13-15-12-14(2)10-11-17(15)20-3/h5-12H,4,13,19H2,1-3H3. The molecular weight excluding hydrogens is 246 g/mol. The van der Waals surface area contributed by atoms with E-state index in [1.165, 1.54) is 16.7 Å². The van der Waals surface area contributed by atoms with E-state index >= 15 is 0 Å². The predicted molar refractivity (Wildman–Crippen MR) is 84.0 cm³/mol. The maximum atomic E-state index is 6.67. The van der Waals surface area contributed by atoms with Gasteiger partial charge >= 0.3 is 0 Å². The van der Waals surface area contributed by atoms with Crippen LogP contribution in [0.25, 0.3) is 0 Å². The van der Waals surface area contributed by atoms with Crippen LogP contribution in [0, 0.1) is 6.92 Å². The molecule has 0 aliphatic rings. The van der Waals surface area contributed by atoms with Gasteiger partial charge in [0, 0.05) is 5.54 Å². The summed E-state index contributed by atoms with van der Waals surface area (Å²) in [5.74, 6) is 0.912. The van der Waals surface area contributed by atoms with E-state index in [1.807, 2.05) is 24.3 Å². The van der Waals surface area contributed by atoms with E-state index in [-0.39, 0.29) is 5.54 Å². The fourth-order valence-electron chi connectivity index (χ4n) is 2.59. The molecule has 0 heterocycles. The molecule has 106 valence electrons. The van der Waals surface area contributed by atoms with Crippen molar-refractivity contribution < 1.29 is 4.74 Å². The fraction of sp³-hybridized carbons (Fsp3) is 0.333. The average molecular weight is 269 g/mol. The Balaban J connectivity index is 2.38. The molecule has 2 aromatic rings. The minimum Gasteiger partial charge on any atom is -0.496 e. The smallest absolute Gasteiger partial charge is 0.122 e. The van der Waals surface area contributed by atoms with Crippen LogP contribution in [0.1, 0.15) is 30.0 Å². The summed E-state index contributed by atoms with van der Waals surface area (Å²) in [6, 6.07) is 16.6. The van der Waals surface area contributed by atoms with Crippen LogP contribution in [0.15, 0.2) is 48.5 Å². The lowest BCUT2D eigenvalue weighted by Crippen LogP contribution is -2.38. The van der Waals surface area contributed by atoms with E-state index in [2.05, 4.69) is 38.1 Å². The third-order valence-electron chi connectivity index (χ3n) is 3.92. The number of aryl methyl sites for hydroxylation is 1. The van der Waals surface area contributed by atoms with Gasteiger partial charge in [-0.2, -0.15) is 0 Å². The van der Waals surface area contributed by atoms with Crippen molar-refractivity contribution in [3.8, 4) is 5.75 Å². The van der Waals surface area contributed by atoms with E-state index in [0.717, 1.165) is 18.6 Å². The Bertz CT molecular complexity index is 565. The van der Waals surface area contributed by atoms with E-state index in [9.17, 15) is 0 Å². The summed E-state index contributed by atoms with van der Waals surface area (Å²) in [5.41, 5.74) is 9.88. The first-order chi connectivity index (χ1) is 9.59. The third-order valence-corrected chi connectivity index (χ3v) is 3.92. The van der Waals surface area contributed by atoms with Gasteiger partial charge in [-0.25, -0.2) is 0 Å². The summed E-state index contributed by atoms with van der Waals surface area (Å²) >= 11 is 0. The van der Waals surface area contributed by atoms with E-state index in [1.54, 1.807) is 7.11 Å². The number of hydrogen-bond donors (Lipinski definition) is 1. The van der Waals surface area contributed by atoms with Crippen molar-refractivity contribution in [3.05, 3.63) is 65.2 Å². The number of benzene rings is 2. The van der Waals surface area contributed by atoms with Crippen LogP contribution in [-0.4, -0.2) is 7.11 Å². The average Bonchev–Trinajstić information content (AvgIpc) is 2.48. The number of hydrogen-bond acceptors (Lipinski definition) is 2. The van der Waals surface area contributed by atoms with Crippen molar-refractivity contribution in [1.29, 1.82) is 0 Å². The molecule has 0 fully saturated rings. The molecule has 0 amide bonds. The molecule has 1 unspecified atom stereocenters. The number of methoxy groups -OCH3 is 1. The van der Waals surface area contributed by atoms with Crippen molar-refractivity contribution in [2.24, 2.45) is 5.73 Å². The topological polar surface area (TPSA) is 35.2 Å². The Morgan fingerprint density at radius 2 is 1.80 bits per heavy atom. The Morgan fingerprint density at radius 3 is 2.40 bits per heavy atom. The molecule has 0 aromatic heterocycles. The highest BCUT2D eigenvalue weighted by Crippen LogP contribution is 2.31. The van der Waals surface area contributed by atoms with Gasteiger partial charge in [0.25, 0.3) is 0 Å². The number of nitrogens with two attached hydrogens (primary N) is 1. The van der Waals surface area contributed by atoms with Gasteiger partial charge in [-0.15, -0.1) is 0 Å². The molecular formula is C18H23NO. The first-order valence-corrected chi connectivity index (χ1v) is 7.07. The lowest BCUT2D eigenvalue weighted by Gasteiger charge is -2.30. The zero-order valence-corrected chi connectivity index (χ0v) is 12.5. The number of ether oxygens (including phenoxy) is 1. The third kappa shape index (κ3) is 3.02. The molecule has 0 saturated carbocycles. The molecule has 0 aliphatic carbocycles. The van der Waals surface area contributed by atoms with Gasteiger partial charge in [-0.3, -0.25) is 0 Å². The van der Waals surface area contributed by atoms with E-state index < -0.39 is 0 Å². The molecule has 0 bridgehead atoms. The van der Waals surface area contributed by atoms with Crippen molar-refractivity contribution in [1.82, 2.24) is 0 Å². The molecule has 0 radical (unpaired) electrons. The van der Waals surface area contributed by atoms with Crippen molar-refractivity contribution >= 4 is 0 Å². The van der Waals surface area contributed by atoms with Gasteiger partial charge in [0.05, 0.1) is 7.11 Å². The monoisotopic (exact) mass is 269 g/mol. The fourth-order valence-corrected chi connectivity index (χ4v) is 2.59. The molecule has 2 rings (SSSR count). The maximum absolute atomic E-state index is 6.67. The second-order valence-corrected chi connectivity index (χ2v) is 5.37. The minimum absolute atomic E-state index is 0.359.